The molecule has 1 saturated heterocycles. The Morgan fingerprint density at radius 3 is 2.62 bits per heavy atom. The van der Waals surface area contributed by atoms with Gasteiger partial charge in [-0.1, -0.05) is 18.7 Å². The number of aliphatic hydroxyl groups is 5. The van der Waals surface area contributed by atoms with Crippen LogP contribution in [0.3, 0.4) is 0 Å². The number of hydrogen-bond acceptors (Lipinski definition) is 12. The highest BCUT2D eigenvalue weighted by Gasteiger charge is 2.59. The summed E-state index contributed by atoms with van der Waals surface area (Å²) in [6.45, 7) is 3.23. The normalized spacial score (nSPS) is 37.5. The molecule has 12 heteroatoms. The number of rotatable bonds is 7. The molecule has 0 bridgehead atoms. The molecule has 9 atom stereocenters. The van der Waals surface area contributed by atoms with Crippen LogP contribution < -0.4 is 0 Å². The van der Waals surface area contributed by atoms with Crippen LogP contribution >= 0.6 is 0 Å². The molecule has 2 aliphatic heterocycles. The van der Waals surface area contributed by atoms with Crippen LogP contribution in [0, 0.1) is 5.92 Å². The molecular formula is C25H28O12. The average Bonchev–Trinajstić information content (AvgIpc) is 3.13. The first-order valence-electron chi connectivity index (χ1n) is 11.4. The second-order valence-electron chi connectivity index (χ2n) is 9.06. The number of ether oxygens (including phenoxy) is 4. The largest absolute Gasteiger partial charge is 0.508 e. The lowest BCUT2D eigenvalue weighted by molar-refractivity contribution is -0.342. The van der Waals surface area contributed by atoms with Gasteiger partial charge in [0.05, 0.1) is 24.4 Å². The lowest BCUT2D eigenvalue weighted by Crippen LogP contribution is -2.60. The Labute approximate surface area is 211 Å². The third kappa shape index (κ3) is 5.18. The zero-order valence-corrected chi connectivity index (χ0v) is 19.5. The fraction of sp³-hybridized carbons (Fsp3) is 0.440. The van der Waals surface area contributed by atoms with Crippen molar-refractivity contribution in [3.8, 4) is 5.75 Å². The number of carbonyl (C=O) groups is 2. The van der Waals surface area contributed by atoms with Gasteiger partial charge in [-0.2, -0.15) is 0 Å². The summed E-state index contributed by atoms with van der Waals surface area (Å²) in [5, 5.41) is 60.7. The first-order chi connectivity index (χ1) is 17.6. The van der Waals surface area contributed by atoms with Gasteiger partial charge in [-0.25, -0.2) is 4.79 Å². The van der Waals surface area contributed by atoms with E-state index in [2.05, 4.69) is 6.58 Å². The van der Waals surface area contributed by atoms with Gasteiger partial charge in [-0.15, -0.1) is 0 Å². The topological polar surface area (TPSA) is 192 Å². The van der Waals surface area contributed by atoms with Gasteiger partial charge in [-0.05, 0) is 29.3 Å². The van der Waals surface area contributed by atoms with E-state index in [-0.39, 0.29) is 23.3 Å². The van der Waals surface area contributed by atoms with Gasteiger partial charge in [0.1, 0.15) is 41.9 Å². The zero-order valence-electron chi connectivity index (χ0n) is 19.5. The molecule has 3 aliphatic rings. The van der Waals surface area contributed by atoms with Crippen molar-refractivity contribution >= 4 is 18.3 Å². The minimum atomic E-state index is -1.91. The maximum atomic E-state index is 12.5. The highest BCUT2D eigenvalue weighted by Crippen LogP contribution is 2.50. The number of aromatic hydroxyl groups is 1. The Morgan fingerprint density at radius 1 is 1.19 bits per heavy atom. The molecule has 37 heavy (non-hydrogen) atoms. The molecule has 1 saturated carbocycles. The monoisotopic (exact) mass is 520 g/mol. The molecule has 200 valence electrons. The summed E-state index contributed by atoms with van der Waals surface area (Å²) in [6, 6.07) is 6.18. The molecule has 0 amide bonds. The molecule has 0 spiro atoms. The van der Waals surface area contributed by atoms with E-state index in [0.29, 0.717) is 11.8 Å². The van der Waals surface area contributed by atoms with Crippen molar-refractivity contribution in [2.24, 2.45) is 5.92 Å². The van der Waals surface area contributed by atoms with Crippen molar-refractivity contribution in [2.75, 3.05) is 6.61 Å². The molecule has 1 aliphatic carbocycles. The van der Waals surface area contributed by atoms with Gasteiger partial charge >= 0.3 is 5.97 Å². The van der Waals surface area contributed by atoms with E-state index < -0.39 is 67.2 Å². The first-order valence-corrected chi connectivity index (χ1v) is 11.4. The van der Waals surface area contributed by atoms with E-state index in [1.165, 1.54) is 18.2 Å². The van der Waals surface area contributed by atoms with Crippen molar-refractivity contribution in [1.29, 1.82) is 0 Å². The fourth-order valence-corrected chi connectivity index (χ4v) is 4.71. The van der Waals surface area contributed by atoms with E-state index in [0.717, 1.165) is 12.3 Å². The summed E-state index contributed by atoms with van der Waals surface area (Å²) in [5.41, 5.74) is -1.36. The minimum absolute atomic E-state index is 0.0182. The predicted molar refractivity (Wildman–Crippen MR) is 123 cm³/mol. The minimum Gasteiger partial charge on any atom is -0.508 e. The molecule has 2 fully saturated rings. The Balaban J connectivity index is 1.51. The Kier molecular flexibility index (Phi) is 7.80. The third-order valence-corrected chi connectivity index (χ3v) is 6.71. The van der Waals surface area contributed by atoms with Crippen molar-refractivity contribution in [3.05, 3.63) is 59.9 Å². The molecule has 1 aromatic carbocycles. The Bertz CT molecular complexity index is 1100. The second-order valence-corrected chi connectivity index (χ2v) is 9.06. The fourth-order valence-electron chi connectivity index (χ4n) is 4.71. The summed E-state index contributed by atoms with van der Waals surface area (Å²) < 4.78 is 22.0. The van der Waals surface area contributed by atoms with Crippen LogP contribution in [0.25, 0.3) is 6.08 Å². The number of phenolic OH excluding ortho intramolecular Hbond substituents is 1. The van der Waals surface area contributed by atoms with E-state index in [4.69, 9.17) is 18.9 Å². The van der Waals surface area contributed by atoms with Gasteiger partial charge in [-0.3, -0.25) is 4.79 Å². The van der Waals surface area contributed by atoms with Crippen molar-refractivity contribution in [2.45, 2.75) is 55.1 Å². The number of aldehydes is 1. The molecule has 0 aromatic heterocycles. The quantitative estimate of drug-likeness (QED) is 0.110. The lowest BCUT2D eigenvalue weighted by atomic mass is 9.81. The molecule has 0 unspecified atom stereocenters. The number of esters is 1. The van der Waals surface area contributed by atoms with Crippen LogP contribution in [0.1, 0.15) is 12.0 Å². The number of benzene rings is 1. The summed E-state index contributed by atoms with van der Waals surface area (Å²) in [6.07, 6.45) is -6.69. The highest BCUT2D eigenvalue weighted by atomic mass is 16.8. The molecule has 0 radical (unpaired) electrons. The molecule has 12 nitrogen and oxygen atoms in total. The maximum absolute atomic E-state index is 12.5. The van der Waals surface area contributed by atoms with Crippen LogP contribution in [0.5, 0.6) is 5.75 Å². The molecule has 6 N–H and O–H groups in total. The standard InChI is InChI=1S/C25H28O12/c1-12-16(35-18(29)6-5-13-3-2-4-15(28)7-13)8-25(33)14(9-26)11-34-23(19(12)25)37-24-22(32)21(31)20(30)17(10-27)36-24/h2-7,9,11,16-17,19-24,27-28,30-33H,1,8,10H2/t16-,17+,19-,20+,21-,22+,23-,24-,25-/m0/s1. The maximum Gasteiger partial charge on any atom is 0.331 e. The second kappa shape index (κ2) is 10.7. The zero-order chi connectivity index (χ0) is 26.9. The van der Waals surface area contributed by atoms with Crippen LogP contribution in [-0.4, -0.2) is 98.2 Å². The summed E-state index contributed by atoms with van der Waals surface area (Å²) >= 11 is 0. The summed E-state index contributed by atoms with van der Waals surface area (Å²) in [7, 11) is 0. The Hall–Kier alpha value is -3.10. The van der Waals surface area contributed by atoms with Gasteiger partial charge in [0, 0.05) is 12.5 Å². The van der Waals surface area contributed by atoms with Crippen LogP contribution in [0.2, 0.25) is 0 Å². The molecular weight excluding hydrogens is 492 g/mol. The van der Waals surface area contributed by atoms with E-state index in [1.807, 2.05) is 0 Å². The van der Waals surface area contributed by atoms with Crippen molar-refractivity contribution in [1.82, 2.24) is 0 Å². The number of aliphatic hydroxyl groups excluding tert-OH is 4. The van der Waals surface area contributed by atoms with Crippen LogP contribution in [0.4, 0.5) is 0 Å². The first kappa shape index (κ1) is 26.9. The predicted octanol–water partition coefficient (Wildman–Crippen LogP) is -1.12. The third-order valence-electron chi connectivity index (χ3n) is 6.71. The lowest BCUT2D eigenvalue weighted by Gasteiger charge is -2.44. The SMILES string of the molecule is C=C1[C@@H](OC(=O)C=Cc2cccc(O)c2)C[C@]2(O)C(C=O)=CO[C@@H](O[C@@H]3O[C@H](CO)[C@@H](O)[C@H](O)[C@H]3O)[C@H]12. The Morgan fingerprint density at radius 2 is 1.95 bits per heavy atom. The van der Waals surface area contributed by atoms with Crippen LogP contribution in [-0.2, 0) is 28.5 Å². The van der Waals surface area contributed by atoms with E-state index in [1.54, 1.807) is 12.1 Å². The van der Waals surface area contributed by atoms with Crippen LogP contribution in [0.15, 0.2) is 54.3 Å². The smallest absolute Gasteiger partial charge is 0.331 e. The average molecular weight is 520 g/mol. The highest BCUT2D eigenvalue weighted by molar-refractivity contribution is 5.87. The van der Waals surface area contributed by atoms with E-state index in [9.17, 15) is 40.2 Å². The summed E-state index contributed by atoms with van der Waals surface area (Å²) in [4.78, 5) is 24.1. The van der Waals surface area contributed by atoms with Gasteiger partial charge in [0.2, 0.25) is 6.29 Å². The number of carbonyl (C=O) groups excluding carboxylic acids is 2. The van der Waals surface area contributed by atoms with Crippen molar-refractivity contribution in [3.63, 3.8) is 0 Å². The molecule has 1 aromatic rings. The number of hydrogen-bond donors (Lipinski definition) is 6. The molecule has 4 rings (SSSR count). The van der Waals surface area contributed by atoms with Gasteiger partial charge in [0.25, 0.3) is 0 Å². The number of fused-ring (bicyclic) bond motifs is 1. The van der Waals surface area contributed by atoms with E-state index >= 15 is 0 Å². The van der Waals surface area contributed by atoms with Gasteiger partial charge in [0.15, 0.2) is 12.6 Å². The summed E-state index contributed by atoms with van der Waals surface area (Å²) in [5.74, 6) is -1.91. The van der Waals surface area contributed by atoms with Gasteiger partial charge < -0.3 is 49.6 Å². The number of phenols is 1. The molecule has 2 heterocycles. The van der Waals surface area contributed by atoms with Crippen molar-refractivity contribution < 1.29 is 59.2 Å².